The Kier molecular flexibility index (Phi) is 7.58. The maximum absolute atomic E-state index is 12.3. The fraction of sp³-hybridized carbons (Fsp3) is 0.667. The third-order valence-electron chi connectivity index (χ3n) is 4.53. The van der Waals surface area contributed by atoms with Crippen LogP contribution in [0.4, 0.5) is 11.4 Å². The summed E-state index contributed by atoms with van der Waals surface area (Å²) in [6.45, 7) is 9.27. The van der Waals surface area contributed by atoms with Crippen LogP contribution in [0.15, 0.2) is 23.1 Å². The van der Waals surface area contributed by atoms with Crippen molar-refractivity contribution in [2.24, 2.45) is 5.92 Å². The predicted octanol–water partition coefficient (Wildman–Crippen LogP) is 2.82. The van der Waals surface area contributed by atoms with Crippen molar-refractivity contribution in [1.29, 1.82) is 0 Å². The van der Waals surface area contributed by atoms with Crippen LogP contribution in [0.2, 0.25) is 0 Å². The number of sulfonamides is 1. The first kappa shape index (κ1) is 21.6. The Morgan fingerprint density at radius 2 is 1.85 bits per heavy atom. The molecular formula is C18H30N4O4S. The van der Waals surface area contributed by atoms with E-state index in [0.717, 1.165) is 25.7 Å². The van der Waals surface area contributed by atoms with Crippen LogP contribution in [-0.4, -0.2) is 50.5 Å². The van der Waals surface area contributed by atoms with Gasteiger partial charge in [-0.1, -0.05) is 13.3 Å². The van der Waals surface area contributed by atoms with E-state index < -0.39 is 14.9 Å². The van der Waals surface area contributed by atoms with Crippen LogP contribution in [0.5, 0.6) is 0 Å². The van der Waals surface area contributed by atoms with Crippen molar-refractivity contribution in [2.75, 3.05) is 31.5 Å². The average molecular weight is 399 g/mol. The minimum atomic E-state index is -3.77. The van der Waals surface area contributed by atoms with Crippen molar-refractivity contribution in [3.63, 3.8) is 0 Å². The molecule has 0 saturated carbocycles. The maximum Gasteiger partial charge on any atom is 0.293 e. The van der Waals surface area contributed by atoms with E-state index in [1.54, 1.807) is 13.8 Å². The summed E-state index contributed by atoms with van der Waals surface area (Å²) in [6, 6.07) is 3.70. The van der Waals surface area contributed by atoms with Crippen LogP contribution in [-0.2, 0) is 10.0 Å². The number of nitro groups is 1. The van der Waals surface area contributed by atoms with Gasteiger partial charge in [-0.05, 0) is 57.8 Å². The first-order valence-corrected chi connectivity index (χ1v) is 10.9. The lowest BCUT2D eigenvalue weighted by Crippen LogP contribution is -2.35. The Morgan fingerprint density at radius 1 is 1.19 bits per heavy atom. The summed E-state index contributed by atoms with van der Waals surface area (Å²) in [5.74, 6) is 0.328. The third-order valence-corrected chi connectivity index (χ3v) is 6.18. The van der Waals surface area contributed by atoms with E-state index in [2.05, 4.69) is 21.9 Å². The Morgan fingerprint density at radius 3 is 2.44 bits per heavy atom. The normalized spacial score (nSPS) is 17.0. The van der Waals surface area contributed by atoms with Crippen LogP contribution < -0.4 is 10.0 Å². The lowest BCUT2D eigenvalue weighted by molar-refractivity contribution is -0.384. The Balaban J connectivity index is 2.06. The molecule has 1 heterocycles. The van der Waals surface area contributed by atoms with E-state index in [0.29, 0.717) is 18.2 Å². The van der Waals surface area contributed by atoms with Crippen LogP contribution in [0.1, 0.15) is 40.0 Å². The number of nitro benzene ring substituents is 1. The molecule has 1 aliphatic rings. The van der Waals surface area contributed by atoms with Crippen LogP contribution in [0.25, 0.3) is 0 Å². The first-order chi connectivity index (χ1) is 12.7. The summed E-state index contributed by atoms with van der Waals surface area (Å²) >= 11 is 0. The van der Waals surface area contributed by atoms with E-state index in [-0.39, 0.29) is 16.6 Å². The smallest absolute Gasteiger partial charge is 0.293 e. The zero-order valence-corrected chi connectivity index (χ0v) is 17.1. The fourth-order valence-corrected chi connectivity index (χ4v) is 4.56. The minimum absolute atomic E-state index is 0.102. The molecule has 0 bridgehead atoms. The van der Waals surface area contributed by atoms with Gasteiger partial charge >= 0.3 is 0 Å². The number of rotatable bonds is 9. The highest BCUT2D eigenvalue weighted by Crippen LogP contribution is 2.28. The molecule has 9 heteroatoms. The van der Waals surface area contributed by atoms with Gasteiger partial charge in [0.15, 0.2) is 0 Å². The van der Waals surface area contributed by atoms with E-state index in [9.17, 15) is 18.5 Å². The third kappa shape index (κ3) is 6.44. The number of piperidine rings is 1. The number of hydrogen-bond donors (Lipinski definition) is 2. The molecule has 152 valence electrons. The SMILES string of the molecule is CC(C)NS(=O)(=O)c1ccc(NC[C@@H](C)CN2CCCCC2)c([N+](=O)[O-])c1. The molecule has 0 aromatic heterocycles. The van der Waals surface area contributed by atoms with E-state index in [1.807, 2.05) is 0 Å². The van der Waals surface area contributed by atoms with Gasteiger partial charge in [-0.15, -0.1) is 0 Å². The van der Waals surface area contributed by atoms with Crippen molar-refractivity contribution >= 4 is 21.4 Å². The largest absolute Gasteiger partial charge is 0.379 e. The number of nitrogens with one attached hydrogen (secondary N) is 2. The van der Waals surface area contributed by atoms with E-state index in [1.165, 1.54) is 31.4 Å². The molecule has 2 N–H and O–H groups in total. The molecule has 1 aliphatic heterocycles. The van der Waals surface area contributed by atoms with Gasteiger partial charge in [0.05, 0.1) is 9.82 Å². The van der Waals surface area contributed by atoms with Crippen molar-refractivity contribution in [2.45, 2.75) is 51.0 Å². The highest BCUT2D eigenvalue weighted by atomic mass is 32.2. The topological polar surface area (TPSA) is 105 Å². The molecule has 0 aliphatic carbocycles. The molecule has 1 aromatic rings. The minimum Gasteiger partial charge on any atom is -0.379 e. The Bertz CT molecular complexity index is 746. The van der Waals surface area contributed by atoms with Crippen molar-refractivity contribution in [3.05, 3.63) is 28.3 Å². The molecule has 0 radical (unpaired) electrons. The summed E-state index contributed by atoms with van der Waals surface area (Å²) in [7, 11) is -3.77. The molecule has 1 aromatic carbocycles. The van der Waals surface area contributed by atoms with Gasteiger partial charge < -0.3 is 10.2 Å². The molecule has 0 amide bonds. The standard InChI is InChI=1S/C18H30N4O4S/c1-14(2)20-27(25,26)16-7-8-17(18(11-16)22(23)24)19-12-15(3)13-21-9-5-4-6-10-21/h7-8,11,14-15,19-20H,4-6,9-10,12-13H2,1-3H3/t15-/m1/s1. The summed E-state index contributed by atoms with van der Waals surface area (Å²) < 4.78 is 27.0. The first-order valence-electron chi connectivity index (χ1n) is 9.46. The Hall–Kier alpha value is -1.71. The van der Waals surface area contributed by atoms with Crippen LogP contribution >= 0.6 is 0 Å². The lowest BCUT2D eigenvalue weighted by Gasteiger charge is -2.29. The zero-order valence-electron chi connectivity index (χ0n) is 16.3. The lowest BCUT2D eigenvalue weighted by atomic mass is 10.1. The van der Waals surface area contributed by atoms with Crippen molar-refractivity contribution in [3.8, 4) is 0 Å². The van der Waals surface area contributed by atoms with E-state index in [4.69, 9.17) is 0 Å². The van der Waals surface area contributed by atoms with Gasteiger partial charge in [-0.3, -0.25) is 10.1 Å². The predicted molar refractivity (Wildman–Crippen MR) is 106 cm³/mol. The van der Waals surface area contributed by atoms with Gasteiger partial charge in [0.25, 0.3) is 5.69 Å². The van der Waals surface area contributed by atoms with Gasteiger partial charge in [-0.25, -0.2) is 13.1 Å². The number of likely N-dealkylation sites (tertiary alicyclic amines) is 1. The second-order valence-electron chi connectivity index (χ2n) is 7.56. The average Bonchev–Trinajstić information content (AvgIpc) is 2.59. The van der Waals surface area contributed by atoms with Gasteiger partial charge in [0.2, 0.25) is 10.0 Å². The fourth-order valence-electron chi connectivity index (χ4n) is 3.29. The van der Waals surface area contributed by atoms with Crippen LogP contribution in [0.3, 0.4) is 0 Å². The highest BCUT2D eigenvalue weighted by molar-refractivity contribution is 7.89. The Labute approximate surface area is 161 Å². The van der Waals surface area contributed by atoms with Crippen molar-refractivity contribution in [1.82, 2.24) is 9.62 Å². The van der Waals surface area contributed by atoms with Crippen LogP contribution in [0, 0.1) is 16.0 Å². The summed E-state index contributed by atoms with van der Waals surface area (Å²) in [6.07, 6.45) is 3.74. The molecule has 1 atom stereocenters. The number of benzene rings is 1. The molecular weight excluding hydrogens is 368 g/mol. The number of anilines is 1. The molecule has 0 unspecified atom stereocenters. The van der Waals surface area contributed by atoms with Crippen molar-refractivity contribution < 1.29 is 13.3 Å². The highest BCUT2D eigenvalue weighted by Gasteiger charge is 2.22. The quantitative estimate of drug-likeness (QED) is 0.490. The maximum atomic E-state index is 12.3. The van der Waals surface area contributed by atoms with Gasteiger partial charge in [0.1, 0.15) is 5.69 Å². The summed E-state index contributed by atoms with van der Waals surface area (Å²) in [5, 5.41) is 14.5. The number of hydrogen-bond acceptors (Lipinski definition) is 6. The molecule has 1 saturated heterocycles. The monoisotopic (exact) mass is 398 g/mol. The second-order valence-corrected chi connectivity index (χ2v) is 9.27. The van der Waals surface area contributed by atoms with E-state index >= 15 is 0 Å². The second kappa shape index (κ2) is 9.48. The molecule has 8 nitrogen and oxygen atoms in total. The number of nitrogens with zero attached hydrogens (tertiary/aromatic N) is 2. The molecule has 2 rings (SSSR count). The summed E-state index contributed by atoms with van der Waals surface area (Å²) in [4.78, 5) is 13.2. The van der Waals surface area contributed by atoms with Gasteiger partial charge in [-0.2, -0.15) is 0 Å². The summed E-state index contributed by atoms with van der Waals surface area (Å²) in [5.41, 5.74) is 0.112. The van der Waals surface area contributed by atoms with Gasteiger partial charge in [0, 0.05) is 25.2 Å². The zero-order chi connectivity index (χ0) is 20.0. The molecule has 1 fully saturated rings. The molecule has 0 spiro atoms. The molecule has 27 heavy (non-hydrogen) atoms.